The average molecular weight is 685 g/mol. The van der Waals surface area contributed by atoms with Gasteiger partial charge in [-0.15, -0.1) is 0 Å². The minimum absolute atomic E-state index is 0.118. The highest BCUT2D eigenvalue weighted by molar-refractivity contribution is 5.85. The maximum atomic E-state index is 14.3. The Balaban J connectivity index is 1.22. The Morgan fingerprint density at radius 3 is 2.56 bits per heavy atom. The van der Waals surface area contributed by atoms with Crippen molar-refractivity contribution in [3.63, 3.8) is 0 Å². The van der Waals surface area contributed by atoms with Gasteiger partial charge in [0.1, 0.15) is 18.1 Å². The van der Waals surface area contributed by atoms with Gasteiger partial charge in [0.25, 0.3) is 0 Å². The third-order valence-electron chi connectivity index (χ3n) is 9.07. The molecule has 2 aromatic carbocycles. The summed E-state index contributed by atoms with van der Waals surface area (Å²) in [6, 6.07) is 19.4. The molecule has 0 spiro atoms. The number of carbonyl (C=O) groups is 1. The number of para-hydroxylation sites is 1. The lowest BCUT2D eigenvalue weighted by molar-refractivity contribution is -0.148. The number of benzene rings is 2. The van der Waals surface area contributed by atoms with Crippen molar-refractivity contribution in [1.82, 2.24) is 39.3 Å². The summed E-state index contributed by atoms with van der Waals surface area (Å²) in [5.41, 5.74) is 3.35. The number of hydrogen-bond acceptors (Lipinski definition) is 8. The average Bonchev–Trinajstić information content (AvgIpc) is 3.70. The molecule has 6 aromatic rings. The first-order chi connectivity index (χ1) is 24.2. The number of amides is 1. The Morgan fingerprint density at radius 1 is 0.940 bits per heavy atom. The molecule has 7 rings (SSSR count). The van der Waals surface area contributed by atoms with Crippen LogP contribution in [-0.4, -0.2) is 85.6 Å². The van der Waals surface area contributed by atoms with Crippen LogP contribution in [0.4, 0.5) is 13.2 Å². The Bertz CT molecular complexity index is 2130. The number of H-pyrrole nitrogens is 1. The number of imidazole rings is 2. The molecule has 0 bridgehead atoms. The molecule has 1 atom stereocenters. The molecule has 1 aliphatic heterocycles. The van der Waals surface area contributed by atoms with Crippen molar-refractivity contribution in [2.45, 2.75) is 31.6 Å². The Hall–Kier alpha value is -5.50. The lowest BCUT2D eigenvalue weighted by Crippen LogP contribution is -2.40. The van der Waals surface area contributed by atoms with Crippen molar-refractivity contribution in [1.29, 1.82) is 0 Å². The van der Waals surface area contributed by atoms with Crippen LogP contribution >= 0.6 is 0 Å². The number of nitrogens with zero attached hydrogens (tertiary/aromatic N) is 7. The summed E-state index contributed by atoms with van der Waals surface area (Å²) in [5, 5.41) is 0.916. The van der Waals surface area contributed by atoms with Gasteiger partial charge in [0, 0.05) is 55.9 Å². The summed E-state index contributed by atoms with van der Waals surface area (Å²) in [5.74, 6) is -0.345. The largest absolute Gasteiger partial charge is 0.497 e. The van der Waals surface area contributed by atoms with Crippen molar-refractivity contribution in [2.24, 2.45) is 0 Å². The highest BCUT2D eigenvalue weighted by Gasteiger charge is 2.39. The molecule has 1 aliphatic rings. The maximum absolute atomic E-state index is 14.3. The second-order valence-corrected chi connectivity index (χ2v) is 12.1. The number of pyridine rings is 2. The summed E-state index contributed by atoms with van der Waals surface area (Å²) in [6.45, 7) is 1.57. The Morgan fingerprint density at radius 2 is 1.78 bits per heavy atom. The molecule has 1 amide bonds. The number of nitrogens with one attached hydrogen (secondary N) is 1. The van der Waals surface area contributed by atoms with Gasteiger partial charge in [-0.1, -0.05) is 24.3 Å². The number of carbonyl (C=O) groups excluding carboxylic acids is 1. The maximum Gasteiger partial charge on any atom is 0.449 e. The van der Waals surface area contributed by atoms with Crippen LogP contribution in [0.1, 0.15) is 29.8 Å². The van der Waals surface area contributed by atoms with Crippen molar-refractivity contribution < 1.29 is 27.4 Å². The van der Waals surface area contributed by atoms with Gasteiger partial charge in [-0.3, -0.25) is 9.78 Å². The smallest absolute Gasteiger partial charge is 0.449 e. The van der Waals surface area contributed by atoms with Gasteiger partial charge in [0.05, 0.1) is 54.3 Å². The Kier molecular flexibility index (Phi) is 9.10. The highest BCUT2D eigenvalue weighted by Crippen LogP contribution is 2.35. The number of alkyl halides is 3. The van der Waals surface area contributed by atoms with E-state index in [0.29, 0.717) is 54.8 Å². The van der Waals surface area contributed by atoms with Crippen LogP contribution in [0.5, 0.6) is 11.6 Å². The number of methoxy groups -OCH3 is 2. The van der Waals surface area contributed by atoms with E-state index in [-0.39, 0.29) is 17.6 Å². The molecule has 1 saturated heterocycles. The highest BCUT2D eigenvalue weighted by atomic mass is 19.4. The molecular weight excluding hydrogens is 649 g/mol. The molecule has 11 nitrogen and oxygen atoms in total. The third kappa shape index (κ3) is 6.70. The van der Waals surface area contributed by atoms with Crippen molar-refractivity contribution in [3.05, 3.63) is 96.5 Å². The number of ether oxygens (including phenoxy) is 2. The number of aromatic amines is 1. The van der Waals surface area contributed by atoms with Crippen LogP contribution in [0.3, 0.4) is 0 Å². The van der Waals surface area contributed by atoms with Crippen LogP contribution in [0.15, 0.2) is 79.1 Å². The lowest BCUT2D eigenvalue weighted by atomic mass is 10.1. The monoisotopic (exact) mass is 684 g/mol. The number of hydrogen-bond donors (Lipinski definition) is 1. The van der Waals surface area contributed by atoms with Crippen molar-refractivity contribution in [2.75, 3.05) is 40.4 Å². The van der Waals surface area contributed by atoms with E-state index in [9.17, 15) is 18.0 Å². The summed E-state index contributed by atoms with van der Waals surface area (Å²) < 4.78 is 54.7. The van der Waals surface area contributed by atoms with Gasteiger partial charge < -0.3 is 28.8 Å². The molecule has 0 aliphatic carbocycles. The minimum Gasteiger partial charge on any atom is -0.497 e. The van der Waals surface area contributed by atoms with E-state index < -0.39 is 30.5 Å². The lowest BCUT2D eigenvalue weighted by Gasteiger charge is -2.29. The van der Waals surface area contributed by atoms with E-state index >= 15 is 0 Å². The molecule has 1 fully saturated rings. The molecule has 1 N–H and O–H groups in total. The fourth-order valence-corrected chi connectivity index (χ4v) is 6.52. The molecule has 14 heteroatoms. The topological polar surface area (TPSA) is 114 Å². The number of fused-ring (bicyclic) bond motifs is 2. The van der Waals surface area contributed by atoms with Gasteiger partial charge in [0.15, 0.2) is 0 Å². The number of rotatable bonds is 9. The van der Waals surface area contributed by atoms with Crippen LogP contribution in [0, 0.1) is 0 Å². The zero-order valence-electron chi connectivity index (χ0n) is 27.5. The first kappa shape index (κ1) is 33.0. The third-order valence-corrected chi connectivity index (χ3v) is 9.07. The van der Waals surface area contributed by atoms with Gasteiger partial charge in [0.2, 0.25) is 17.6 Å². The molecule has 0 radical (unpaired) electrons. The van der Waals surface area contributed by atoms with Gasteiger partial charge >= 0.3 is 6.18 Å². The Labute approximate surface area is 285 Å². The second-order valence-electron chi connectivity index (χ2n) is 12.1. The molecule has 5 heterocycles. The van der Waals surface area contributed by atoms with Gasteiger partial charge in [-0.2, -0.15) is 13.2 Å². The normalized spacial score (nSPS) is 15.8. The quantitative estimate of drug-likeness (QED) is 0.200. The zero-order valence-corrected chi connectivity index (χ0v) is 27.5. The van der Waals surface area contributed by atoms with Crippen molar-refractivity contribution in [3.8, 4) is 22.9 Å². The van der Waals surface area contributed by atoms with E-state index in [1.54, 1.807) is 30.5 Å². The van der Waals surface area contributed by atoms with E-state index in [1.807, 2.05) is 48.5 Å². The summed E-state index contributed by atoms with van der Waals surface area (Å²) >= 11 is 0. The molecular formula is C36H35F3N8O3. The van der Waals surface area contributed by atoms with Crippen molar-refractivity contribution >= 4 is 27.8 Å². The van der Waals surface area contributed by atoms with Crippen LogP contribution in [0.2, 0.25) is 0 Å². The summed E-state index contributed by atoms with van der Waals surface area (Å²) in [7, 11) is 2.98. The first-order valence-corrected chi connectivity index (χ1v) is 16.2. The standard InChI is InChI=1S/C36H35F3N8O3/c1-49-25-10-11-28-31(20-25)47(35(44-28)36(37,38)39)22-32(48)46-18-17-45(15-12-24-8-5-6-14-40-24)16-13-30(46)33-41-21-29(42-33)26-19-23-7-3-4-9-27(23)43-34(26)50-2/h3-11,14,19-21,30H,12-13,15-18,22H2,1-2H3,(H,41,42). The van der Waals surface area contributed by atoms with E-state index in [4.69, 9.17) is 14.5 Å². The fraction of sp³-hybridized carbons (Fsp3) is 0.306. The predicted molar refractivity (Wildman–Crippen MR) is 181 cm³/mol. The SMILES string of the molecule is COc1ccc2nc(C(F)(F)F)n(CC(=O)N3CCN(CCc4ccccn4)CCC3c3ncc(-c4cc5ccccc5nc4OC)[nH]3)c2c1. The fourth-order valence-electron chi connectivity index (χ4n) is 6.52. The molecule has 0 saturated carbocycles. The van der Waals surface area contributed by atoms with E-state index in [0.717, 1.165) is 27.6 Å². The minimum atomic E-state index is -4.78. The van der Waals surface area contributed by atoms with E-state index in [1.165, 1.54) is 19.2 Å². The zero-order chi connectivity index (χ0) is 34.8. The summed E-state index contributed by atoms with van der Waals surface area (Å²) in [6.07, 6.45) is -0.133. The molecule has 258 valence electrons. The van der Waals surface area contributed by atoms with Gasteiger partial charge in [-0.25, -0.2) is 15.0 Å². The molecule has 1 unspecified atom stereocenters. The number of halogens is 3. The first-order valence-electron chi connectivity index (χ1n) is 16.2. The van der Waals surface area contributed by atoms with Crippen LogP contribution in [0.25, 0.3) is 33.2 Å². The molecule has 4 aromatic heterocycles. The van der Waals surface area contributed by atoms with E-state index in [2.05, 4.69) is 24.8 Å². The summed E-state index contributed by atoms with van der Waals surface area (Å²) in [4.78, 5) is 39.2. The predicted octanol–water partition coefficient (Wildman–Crippen LogP) is 5.92. The van der Waals surface area contributed by atoms with Gasteiger partial charge in [-0.05, 0) is 42.8 Å². The van der Waals surface area contributed by atoms with Crippen LogP contribution in [-0.2, 0) is 23.9 Å². The second kappa shape index (κ2) is 13.8. The number of aromatic nitrogens is 6. The molecule has 50 heavy (non-hydrogen) atoms. The van der Waals surface area contributed by atoms with Crippen LogP contribution < -0.4 is 9.47 Å².